The van der Waals surface area contributed by atoms with E-state index in [-0.39, 0.29) is 13.2 Å². The van der Waals surface area contributed by atoms with Crippen molar-refractivity contribution in [3.63, 3.8) is 0 Å². The van der Waals surface area contributed by atoms with Crippen LogP contribution in [0.3, 0.4) is 0 Å². The van der Waals surface area contributed by atoms with Gasteiger partial charge in [0.1, 0.15) is 4.99 Å². The number of aliphatic hydroxyl groups excluding tert-OH is 2. The molecule has 5 heteroatoms. The number of hydrogen-bond donors (Lipinski definition) is 3. The third-order valence-corrected chi connectivity index (χ3v) is 2.49. The third-order valence-electron chi connectivity index (χ3n) is 2.26. The minimum Gasteiger partial charge on any atom is -0.395 e. The van der Waals surface area contributed by atoms with Crippen LogP contribution in [0.25, 0.3) is 0 Å². The zero-order valence-corrected chi connectivity index (χ0v) is 9.78. The summed E-state index contributed by atoms with van der Waals surface area (Å²) in [6.45, 7) is 1.09. The predicted molar refractivity (Wildman–Crippen MR) is 68.7 cm³/mol. The van der Waals surface area contributed by atoms with Crippen LogP contribution in [0.2, 0.25) is 0 Å². The molecule has 1 rings (SSSR count). The molecule has 0 radical (unpaired) electrons. The highest BCUT2D eigenvalue weighted by molar-refractivity contribution is 7.80. The van der Waals surface area contributed by atoms with E-state index in [9.17, 15) is 0 Å². The quantitative estimate of drug-likeness (QED) is 0.616. The predicted octanol–water partition coefficient (Wildman–Crippen LogP) is 0.112. The maximum Gasteiger partial charge on any atom is 0.103 e. The van der Waals surface area contributed by atoms with Gasteiger partial charge in [0.05, 0.1) is 13.2 Å². The molecule has 16 heavy (non-hydrogen) atoms. The van der Waals surface area contributed by atoms with Crippen LogP contribution in [-0.4, -0.2) is 41.5 Å². The number of hydrogen-bond acceptors (Lipinski definition) is 4. The Balaban J connectivity index is 2.80. The lowest BCUT2D eigenvalue weighted by Gasteiger charge is -2.23. The largest absolute Gasteiger partial charge is 0.395 e. The molecule has 0 amide bonds. The maximum absolute atomic E-state index is 8.90. The SMILES string of the molecule is NC(=S)c1ccc(N(CCO)CCO)cc1. The molecule has 4 N–H and O–H groups in total. The van der Waals surface area contributed by atoms with Crippen molar-refractivity contribution in [1.82, 2.24) is 0 Å². The Hall–Kier alpha value is -1.17. The summed E-state index contributed by atoms with van der Waals surface area (Å²) in [6.07, 6.45) is 0. The van der Waals surface area contributed by atoms with Crippen molar-refractivity contribution < 1.29 is 10.2 Å². The highest BCUT2D eigenvalue weighted by Gasteiger charge is 2.05. The maximum atomic E-state index is 8.90. The van der Waals surface area contributed by atoms with Crippen molar-refractivity contribution in [2.75, 3.05) is 31.2 Å². The molecule has 0 atom stereocenters. The summed E-state index contributed by atoms with van der Waals surface area (Å²) < 4.78 is 0. The monoisotopic (exact) mass is 240 g/mol. The minimum absolute atomic E-state index is 0.0526. The first-order valence-corrected chi connectivity index (χ1v) is 5.46. The van der Waals surface area contributed by atoms with Gasteiger partial charge >= 0.3 is 0 Å². The molecule has 88 valence electrons. The smallest absolute Gasteiger partial charge is 0.103 e. The number of thiocarbonyl (C=S) groups is 1. The van der Waals surface area contributed by atoms with Gasteiger partial charge in [-0.25, -0.2) is 0 Å². The van der Waals surface area contributed by atoms with Gasteiger partial charge in [-0.3, -0.25) is 0 Å². The van der Waals surface area contributed by atoms with E-state index in [1.54, 1.807) is 0 Å². The lowest BCUT2D eigenvalue weighted by atomic mass is 10.2. The molecule has 1 aromatic rings. The molecule has 4 nitrogen and oxygen atoms in total. The standard InChI is InChI=1S/C11H16N2O2S/c12-11(16)9-1-3-10(4-2-9)13(5-7-14)6-8-15/h1-4,14-15H,5-8H2,(H2,12,16). The second kappa shape index (κ2) is 6.42. The summed E-state index contributed by atoms with van der Waals surface area (Å²) in [5.41, 5.74) is 7.24. The Morgan fingerprint density at radius 1 is 1.12 bits per heavy atom. The fourth-order valence-corrected chi connectivity index (χ4v) is 1.58. The summed E-state index contributed by atoms with van der Waals surface area (Å²) >= 11 is 4.86. The number of nitrogens with two attached hydrogens (primary N) is 1. The molecule has 0 unspecified atom stereocenters. The highest BCUT2D eigenvalue weighted by atomic mass is 32.1. The molecule has 0 aliphatic rings. The molecular weight excluding hydrogens is 224 g/mol. The summed E-state index contributed by atoms with van der Waals surface area (Å²) in [5, 5.41) is 17.8. The molecule has 0 heterocycles. The van der Waals surface area contributed by atoms with Gasteiger partial charge in [-0.1, -0.05) is 12.2 Å². The lowest BCUT2D eigenvalue weighted by molar-refractivity contribution is 0.281. The van der Waals surface area contributed by atoms with Gasteiger partial charge in [0, 0.05) is 24.3 Å². The van der Waals surface area contributed by atoms with Crippen LogP contribution in [-0.2, 0) is 0 Å². The summed E-state index contributed by atoms with van der Waals surface area (Å²) in [6, 6.07) is 7.42. The van der Waals surface area contributed by atoms with E-state index in [1.807, 2.05) is 29.2 Å². The zero-order valence-electron chi connectivity index (χ0n) is 8.97. The first-order valence-electron chi connectivity index (χ1n) is 5.05. The topological polar surface area (TPSA) is 69.7 Å². The van der Waals surface area contributed by atoms with E-state index in [0.29, 0.717) is 18.1 Å². The molecule has 1 aromatic carbocycles. The van der Waals surface area contributed by atoms with Crippen LogP contribution in [0, 0.1) is 0 Å². The van der Waals surface area contributed by atoms with Gasteiger partial charge in [-0.15, -0.1) is 0 Å². The highest BCUT2D eigenvalue weighted by Crippen LogP contribution is 2.14. The Kier molecular flexibility index (Phi) is 5.18. The molecule has 0 bridgehead atoms. The molecular formula is C11H16N2O2S. The van der Waals surface area contributed by atoms with Gasteiger partial charge in [-0.05, 0) is 24.3 Å². The van der Waals surface area contributed by atoms with E-state index in [4.69, 9.17) is 28.2 Å². The zero-order chi connectivity index (χ0) is 12.0. The lowest BCUT2D eigenvalue weighted by Crippen LogP contribution is -2.29. The molecule has 0 fully saturated rings. The second-order valence-corrected chi connectivity index (χ2v) is 3.79. The van der Waals surface area contributed by atoms with Crippen LogP contribution in [0.4, 0.5) is 5.69 Å². The fraction of sp³-hybridized carbons (Fsp3) is 0.364. The Bertz CT molecular complexity index is 334. The van der Waals surface area contributed by atoms with Crippen molar-refractivity contribution in [3.05, 3.63) is 29.8 Å². The number of benzene rings is 1. The number of rotatable bonds is 6. The van der Waals surface area contributed by atoms with Crippen LogP contribution >= 0.6 is 12.2 Å². The van der Waals surface area contributed by atoms with Crippen molar-refractivity contribution in [2.45, 2.75) is 0 Å². The summed E-state index contributed by atoms with van der Waals surface area (Å²) in [7, 11) is 0. The molecule has 0 aliphatic carbocycles. The number of anilines is 1. The minimum atomic E-state index is 0.0526. The molecule has 0 saturated heterocycles. The van der Waals surface area contributed by atoms with Gasteiger partial charge in [0.2, 0.25) is 0 Å². The second-order valence-electron chi connectivity index (χ2n) is 3.35. The van der Waals surface area contributed by atoms with Crippen LogP contribution < -0.4 is 10.6 Å². The van der Waals surface area contributed by atoms with E-state index in [0.717, 1.165) is 11.3 Å². The van der Waals surface area contributed by atoms with E-state index in [2.05, 4.69) is 0 Å². The Morgan fingerprint density at radius 3 is 2.00 bits per heavy atom. The fourth-order valence-electron chi connectivity index (χ4n) is 1.45. The van der Waals surface area contributed by atoms with Gasteiger partial charge in [0.25, 0.3) is 0 Å². The Morgan fingerprint density at radius 2 is 1.62 bits per heavy atom. The molecule has 0 saturated carbocycles. The molecule has 0 aliphatic heterocycles. The summed E-state index contributed by atoms with van der Waals surface area (Å²) in [4.78, 5) is 2.26. The van der Waals surface area contributed by atoms with Crippen molar-refractivity contribution in [1.29, 1.82) is 0 Å². The first kappa shape index (κ1) is 12.9. The number of nitrogens with zero attached hydrogens (tertiary/aromatic N) is 1. The van der Waals surface area contributed by atoms with Gasteiger partial charge in [-0.2, -0.15) is 0 Å². The normalized spacial score (nSPS) is 10.1. The van der Waals surface area contributed by atoms with Gasteiger partial charge < -0.3 is 20.8 Å². The van der Waals surface area contributed by atoms with Crippen molar-refractivity contribution >= 4 is 22.9 Å². The van der Waals surface area contributed by atoms with Crippen molar-refractivity contribution in [3.8, 4) is 0 Å². The molecule has 0 spiro atoms. The summed E-state index contributed by atoms with van der Waals surface area (Å²) in [5.74, 6) is 0. The van der Waals surface area contributed by atoms with E-state index < -0.39 is 0 Å². The van der Waals surface area contributed by atoms with Crippen molar-refractivity contribution in [2.24, 2.45) is 5.73 Å². The average Bonchev–Trinajstić information content (AvgIpc) is 2.29. The average molecular weight is 240 g/mol. The number of aliphatic hydroxyl groups is 2. The molecule has 0 aromatic heterocycles. The van der Waals surface area contributed by atoms with E-state index in [1.165, 1.54) is 0 Å². The third kappa shape index (κ3) is 3.44. The Labute approximate surface area is 100 Å². The van der Waals surface area contributed by atoms with Crippen LogP contribution in [0.5, 0.6) is 0 Å². The van der Waals surface area contributed by atoms with E-state index >= 15 is 0 Å². The van der Waals surface area contributed by atoms with Crippen LogP contribution in [0.1, 0.15) is 5.56 Å². The first-order chi connectivity index (χ1) is 7.69. The van der Waals surface area contributed by atoms with Crippen LogP contribution in [0.15, 0.2) is 24.3 Å². The van der Waals surface area contributed by atoms with Gasteiger partial charge in [0.15, 0.2) is 0 Å².